The van der Waals surface area contributed by atoms with E-state index in [-0.39, 0.29) is 12.6 Å². The topological polar surface area (TPSA) is 72.5 Å². The molecule has 3 N–H and O–H groups in total. The predicted molar refractivity (Wildman–Crippen MR) is 67.9 cm³/mol. The van der Waals surface area contributed by atoms with Gasteiger partial charge < -0.3 is 15.6 Å². The maximum Gasteiger partial charge on any atom is 0.339 e. The van der Waals surface area contributed by atoms with Crippen molar-refractivity contribution in [2.45, 2.75) is 37.9 Å². The first-order chi connectivity index (χ1) is 8.54. The predicted octanol–water partition coefficient (Wildman–Crippen LogP) is 1.32. The van der Waals surface area contributed by atoms with E-state index in [1.807, 2.05) is 18.2 Å². The van der Waals surface area contributed by atoms with Gasteiger partial charge in [0.25, 0.3) is 0 Å². The molecule has 2 rings (SSSR count). The van der Waals surface area contributed by atoms with Gasteiger partial charge in [-0.2, -0.15) is 0 Å². The Balaban J connectivity index is 2.15. The zero-order valence-electron chi connectivity index (χ0n) is 10.6. The van der Waals surface area contributed by atoms with E-state index in [1.54, 1.807) is 0 Å². The van der Waals surface area contributed by atoms with Crippen molar-refractivity contribution in [3.63, 3.8) is 0 Å². The molecular weight excluding hydrogens is 230 g/mol. The number of hydrogen-bond donors (Lipinski definition) is 2. The number of carbonyl (C=O) groups excluding carboxylic acids is 1. The van der Waals surface area contributed by atoms with E-state index in [1.165, 1.54) is 12.5 Å². The Kier molecular flexibility index (Phi) is 3.68. The van der Waals surface area contributed by atoms with Gasteiger partial charge >= 0.3 is 5.97 Å². The largest absolute Gasteiger partial charge is 0.455 e. The van der Waals surface area contributed by atoms with E-state index in [0.717, 1.165) is 24.8 Å². The summed E-state index contributed by atoms with van der Waals surface area (Å²) in [6, 6.07) is 7.95. The van der Waals surface area contributed by atoms with E-state index in [0.29, 0.717) is 0 Å². The van der Waals surface area contributed by atoms with Crippen molar-refractivity contribution in [2.75, 3.05) is 6.54 Å². The highest BCUT2D eigenvalue weighted by Crippen LogP contribution is 2.33. The van der Waals surface area contributed by atoms with Crippen molar-refractivity contribution >= 4 is 5.97 Å². The molecule has 2 unspecified atom stereocenters. The van der Waals surface area contributed by atoms with Crippen LogP contribution in [0, 0.1) is 0 Å². The molecule has 18 heavy (non-hydrogen) atoms. The van der Waals surface area contributed by atoms with Crippen LogP contribution in [0.25, 0.3) is 0 Å². The summed E-state index contributed by atoms with van der Waals surface area (Å²) in [6.07, 6.45) is 2.53. The van der Waals surface area contributed by atoms with E-state index in [9.17, 15) is 9.90 Å². The van der Waals surface area contributed by atoms with Crippen LogP contribution in [0.1, 0.15) is 37.0 Å². The van der Waals surface area contributed by atoms with Gasteiger partial charge in [-0.15, -0.1) is 0 Å². The molecule has 98 valence electrons. The lowest BCUT2D eigenvalue weighted by atomic mass is 9.89. The molecule has 0 radical (unpaired) electrons. The standard InChI is InChI=1S/C14H19NO3/c1-14(17,9-15)13(16)18-12-8-4-6-10-5-2-3-7-11(10)12/h2-3,5,7,12,17H,4,6,8-9,15H2,1H3. The number of rotatable bonds is 3. The molecule has 4 nitrogen and oxygen atoms in total. The minimum Gasteiger partial charge on any atom is -0.455 e. The molecule has 4 heteroatoms. The summed E-state index contributed by atoms with van der Waals surface area (Å²) in [7, 11) is 0. The minimum absolute atomic E-state index is 0.139. The molecule has 1 aliphatic rings. The number of aryl methyl sites for hydroxylation is 1. The van der Waals surface area contributed by atoms with Gasteiger partial charge in [0.2, 0.25) is 0 Å². The van der Waals surface area contributed by atoms with E-state index >= 15 is 0 Å². The minimum atomic E-state index is -1.60. The van der Waals surface area contributed by atoms with Gasteiger partial charge in [-0.3, -0.25) is 0 Å². The Labute approximate surface area is 107 Å². The van der Waals surface area contributed by atoms with Gasteiger partial charge in [0.05, 0.1) is 0 Å². The lowest BCUT2D eigenvalue weighted by Crippen LogP contribution is -2.44. The Morgan fingerprint density at radius 3 is 3.00 bits per heavy atom. The molecule has 1 aromatic rings. The molecule has 2 atom stereocenters. The quantitative estimate of drug-likeness (QED) is 0.792. The molecule has 0 spiro atoms. The number of carbonyl (C=O) groups is 1. The molecule has 0 bridgehead atoms. The third-order valence-electron chi connectivity index (χ3n) is 3.40. The Morgan fingerprint density at radius 1 is 1.56 bits per heavy atom. The second-order valence-corrected chi connectivity index (χ2v) is 4.96. The first-order valence-electron chi connectivity index (χ1n) is 6.26. The number of fused-ring (bicyclic) bond motifs is 1. The van der Waals surface area contributed by atoms with E-state index < -0.39 is 11.6 Å². The van der Waals surface area contributed by atoms with Crippen LogP contribution in [0.5, 0.6) is 0 Å². The van der Waals surface area contributed by atoms with Gasteiger partial charge in [0.15, 0.2) is 5.60 Å². The highest BCUT2D eigenvalue weighted by Gasteiger charge is 2.33. The van der Waals surface area contributed by atoms with Gasteiger partial charge in [-0.25, -0.2) is 4.79 Å². The molecule has 0 saturated heterocycles. The Bertz CT molecular complexity index is 442. The number of hydrogen-bond acceptors (Lipinski definition) is 4. The molecule has 0 aliphatic heterocycles. The second-order valence-electron chi connectivity index (χ2n) is 4.96. The highest BCUT2D eigenvalue weighted by molar-refractivity contribution is 5.79. The average molecular weight is 249 g/mol. The smallest absolute Gasteiger partial charge is 0.339 e. The number of ether oxygens (including phenoxy) is 1. The lowest BCUT2D eigenvalue weighted by molar-refractivity contribution is -0.169. The molecular formula is C14H19NO3. The lowest BCUT2D eigenvalue weighted by Gasteiger charge is -2.28. The summed E-state index contributed by atoms with van der Waals surface area (Å²) in [4.78, 5) is 11.8. The van der Waals surface area contributed by atoms with Gasteiger partial charge in [-0.05, 0) is 37.3 Å². The fourth-order valence-electron chi connectivity index (χ4n) is 2.17. The van der Waals surface area contributed by atoms with Crippen LogP contribution in [0.4, 0.5) is 0 Å². The average Bonchev–Trinajstić information content (AvgIpc) is 2.39. The maximum absolute atomic E-state index is 11.8. The number of nitrogens with two attached hydrogens (primary N) is 1. The summed E-state index contributed by atoms with van der Waals surface area (Å²) in [5.41, 5.74) is 6.01. The van der Waals surface area contributed by atoms with Crippen molar-refractivity contribution in [3.8, 4) is 0 Å². The summed E-state index contributed by atoms with van der Waals surface area (Å²) in [5, 5.41) is 9.77. The summed E-state index contributed by atoms with van der Waals surface area (Å²) < 4.78 is 5.40. The number of aliphatic hydroxyl groups is 1. The highest BCUT2D eigenvalue weighted by atomic mass is 16.6. The Morgan fingerprint density at radius 2 is 2.28 bits per heavy atom. The van der Waals surface area contributed by atoms with Crippen LogP contribution >= 0.6 is 0 Å². The van der Waals surface area contributed by atoms with Crippen molar-refractivity contribution in [2.24, 2.45) is 5.73 Å². The summed E-state index contributed by atoms with van der Waals surface area (Å²) in [5.74, 6) is -0.647. The monoisotopic (exact) mass is 249 g/mol. The fourth-order valence-corrected chi connectivity index (χ4v) is 2.17. The zero-order chi connectivity index (χ0) is 13.2. The van der Waals surface area contributed by atoms with Crippen LogP contribution in [-0.2, 0) is 16.0 Å². The molecule has 1 aromatic carbocycles. The summed E-state index contributed by atoms with van der Waals surface area (Å²) >= 11 is 0. The normalized spacial score (nSPS) is 21.8. The van der Waals surface area contributed by atoms with E-state index in [4.69, 9.17) is 10.5 Å². The van der Waals surface area contributed by atoms with Crippen molar-refractivity contribution in [1.82, 2.24) is 0 Å². The van der Waals surface area contributed by atoms with Crippen molar-refractivity contribution in [3.05, 3.63) is 35.4 Å². The third kappa shape index (κ3) is 2.54. The maximum atomic E-state index is 11.8. The molecule has 0 amide bonds. The third-order valence-corrected chi connectivity index (χ3v) is 3.40. The van der Waals surface area contributed by atoms with Crippen LogP contribution < -0.4 is 5.73 Å². The zero-order valence-corrected chi connectivity index (χ0v) is 10.6. The van der Waals surface area contributed by atoms with Gasteiger partial charge in [0.1, 0.15) is 6.10 Å². The summed E-state index contributed by atoms with van der Waals surface area (Å²) in [6.45, 7) is 1.24. The second kappa shape index (κ2) is 5.08. The van der Waals surface area contributed by atoms with Crippen LogP contribution in [-0.4, -0.2) is 23.2 Å². The molecule has 0 fully saturated rings. The molecule has 1 aliphatic carbocycles. The molecule has 0 heterocycles. The fraction of sp³-hybridized carbons (Fsp3) is 0.500. The first-order valence-corrected chi connectivity index (χ1v) is 6.26. The SMILES string of the molecule is CC(O)(CN)C(=O)OC1CCCc2ccccc21. The van der Waals surface area contributed by atoms with Crippen LogP contribution in [0.2, 0.25) is 0 Å². The van der Waals surface area contributed by atoms with Crippen molar-refractivity contribution in [1.29, 1.82) is 0 Å². The van der Waals surface area contributed by atoms with E-state index in [2.05, 4.69) is 6.07 Å². The van der Waals surface area contributed by atoms with Crippen molar-refractivity contribution < 1.29 is 14.6 Å². The van der Waals surface area contributed by atoms with Gasteiger partial charge in [0, 0.05) is 6.54 Å². The number of benzene rings is 1. The van der Waals surface area contributed by atoms with Gasteiger partial charge in [-0.1, -0.05) is 24.3 Å². The van der Waals surface area contributed by atoms with Crippen LogP contribution in [0.15, 0.2) is 24.3 Å². The number of esters is 1. The first kappa shape index (κ1) is 13.1. The molecule has 0 saturated carbocycles. The molecule has 0 aromatic heterocycles. The Hall–Kier alpha value is -1.39. The van der Waals surface area contributed by atoms with Crippen LogP contribution in [0.3, 0.4) is 0 Å².